The van der Waals surface area contributed by atoms with Crippen LogP contribution in [0.25, 0.3) is 0 Å². The number of hydrogen-bond acceptors (Lipinski definition) is 4. The minimum Gasteiger partial charge on any atom is -0.466 e. The molecule has 0 saturated carbocycles. The van der Waals surface area contributed by atoms with Crippen LogP contribution in [0.1, 0.15) is 19.8 Å². The molecule has 0 aliphatic rings. The van der Waals surface area contributed by atoms with Gasteiger partial charge in [-0.3, -0.25) is 9.59 Å². The predicted octanol–water partition coefficient (Wildman–Crippen LogP) is -0.858. The van der Waals surface area contributed by atoms with Crippen molar-refractivity contribution in [3.63, 3.8) is 0 Å². The average molecular weight is 174 g/mol. The number of rotatable bonds is 5. The van der Waals surface area contributed by atoms with Crippen molar-refractivity contribution in [2.75, 3.05) is 6.61 Å². The molecule has 12 heavy (non-hydrogen) atoms. The molecule has 0 bridgehead atoms. The van der Waals surface area contributed by atoms with E-state index in [1.807, 2.05) is 0 Å². The molecule has 0 aromatic rings. The second-order valence-electron chi connectivity index (χ2n) is 2.35. The van der Waals surface area contributed by atoms with Gasteiger partial charge in [0.1, 0.15) is 0 Å². The van der Waals surface area contributed by atoms with Crippen molar-refractivity contribution in [2.24, 2.45) is 11.5 Å². The second-order valence-corrected chi connectivity index (χ2v) is 2.35. The van der Waals surface area contributed by atoms with Gasteiger partial charge in [0.15, 0.2) is 0 Å². The molecule has 0 aliphatic carbocycles. The van der Waals surface area contributed by atoms with E-state index in [2.05, 4.69) is 4.74 Å². The average Bonchev–Trinajstić information content (AvgIpc) is 2.00. The Morgan fingerprint density at radius 2 is 2.08 bits per heavy atom. The third kappa shape index (κ3) is 4.68. The molecule has 5 heteroatoms. The highest BCUT2D eigenvalue weighted by Gasteiger charge is 2.11. The Bertz CT molecular complexity index is 170. The maximum atomic E-state index is 10.7. The third-order valence-corrected chi connectivity index (χ3v) is 1.33. The summed E-state index contributed by atoms with van der Waals surface area (Å²) in [6.45, 7) is 2.05. The molecule has 0 aromatic heterocycles. The molecule has 0 aliphatic heterocycles. The number of carbonyl (C=O) groups excluding carboxylic acids is 2. The number of esters is 1. The lowest BCUT2D eigenvalue weighted by molar-refractivity contribution is -0.143. The molecule has 0 fully saturated rings. The molecule has 70 valence electrons. The van der Waals surface area contributed by atoms with Crippen molar-refractivity contribution in [1.29, 1.82) is 0 Å². The van der Waals surface area contributed by atoms with Gasteiger partial charge < -0.3 is 16.2 Å². The van der Waals surface area contributed by atoms with Crippen LogP contribution in [0.3, 0.4) is 0 Å². The minimum atomic E-state index is -0.755. The molecule has 0 saturated heterocycles. The van der Waals surface area contributed by atoms with Crippen molar-refractivity contribution in [3.8, 4) is 0 Å². The lowest BCUT2D eigenvalue weighted by atomic mass is 10.1. The summed E-state index contributed by atoms with van der Waals surface area (Å²) in [6, 6.07) is -0.755. The van der Waals surface area contributed by atoms with Crippen LogP contribution in [0.15, 0.2) is 0 Å². The van der Waals surface area contributed by atoms with E-state index in [4.69, 9.17) is 11.5 Å². The zero-order valence-electron chi connectivity index (χ0n) is 7.08. The van der Waals surface area contributed by atoms with Gasteiger partial charge in [0.25, 0.3) is 0 Å². The molecule has 0 spiro atoms. The number of amides is 1. The van der Waals surface area contributed by atoms with Crippen molar-refractivity contribution in [1.82, 2.24) is 0 Å². The first-order chi connectivity index (χ1) is 5.57. The van der Waals surface area contributed by atoms with Gasteiger partial charge in [-0.25, -0.2) is 0 Å². The smallest absolute Gasteiger partial charge is 0.305 e. The monoisotopic (exact) mass is 174 g/mol. The molecule has 4 N–H and O–H groups in total. The summed E-state index contributed by atoms with van der Waals surface area (Å²) in [7, 11) is 0. The van der Waals surface area contributed by atoms with Gasteiger partial charge >= 0.3 is 5.97 Å². The molecular weight excluding hydrogens is 160 g/mol. The second kappa shape index (κ2) is 5.54. The molecule has 0 aromatic carbocycles. The highest BCUT2D eigenvalue weighted by atomic mass is 16.5. The molecule has 1 unspecified atom stereocenters. The number of primary amides is 1. The molecule has 1 atom stereocenters. The van der Waals surface area contributed by atoms with Gasteiger partial charge in [0, 0.05) is 6.42 Å². The summed E-state index contributed by atoms with van der Waals surface area (Å²) in [5.41, 5.74) is 10.2. The van der Waals surface area contributed by atoms with Crippen LogP contribution in [-0.2, 0) is 14.3 Å². The van der Waals surface area contributed by atoms with Crippen molar-refractivity contribution in [2.45, 2.75) is 25.8 Å². The predicted molar refractivity (Wildman–Crippen MR) is 43.0 cm³/mol. The van der Waals surface area contributed by atoms with Gasteiger partial charge in [0.2, 0.25) is 5.91 Å². The van der Waals surface area contributed by atoms with Gasteiger partial charge in [0.05, 0.1) is 12.6 Å². The Hall–Kier alpha value is -1.10. The number of nitrogens with two attached hydrogens (primary N) is 2. The fourth-order valence-electron chi connectivity index (χ4n) is 0.649. The van der Waals surface area contributed by atoms with Crippen LogP contribution in [0, 0.1) is 0 Å². The first kappa shape index (κ1) is 10.9. The van der Waals surface area contributed by atoms with Crippen LogP contribution in [0.4, 0.5) is 0 Å². The highest BCUT2D eigenvalue weighted by Crippen LogP contribution is 1.96. The molecular formula is C7H14N2O3. The van der Waals surface area contributed by atoms with E-state index in [9.17, 15) is 9.59 Å². The zero-order valence-corrected chi connectivity index (χ0v) is 7.08. The SMILES string of the molecule is CCOC(=O)CCC(N)C(N)=O. The van der Waals surface area contributed by atoms with E-state index in [0.717, 1.165) is 0 Å². The summed E-state index contributed by atoms with van der Waals surface area (Å²) < 4.78 is 4.63. The fourth-order valence-corrected chi connectivity index (χ4v) is 0.649. The number of carbonyl (C=O) groups is 2. The van der Waals surface area contributed by atoms with Gasteiger partial charge in [-0.2, -0.15) is 0 Å². The first-order valence-electron chi connectivity index (χ1n) is 3.78. The Morgan fingerprint density at radius 1 is 1.50 bits per heavy atom. The Morgan fingerprint density at radius 3 is 2.50 bits per heavy atom. The lowest BCUT2D eigenvalue weighted by Crippen LogP contribution is -2.36. The normalized spacial score (nSPS) is 12.2. The quantitative estimate of drug-likeness (QED) is 0.530. The summed E-state index contributed by atoms with van der Waals surface area (Å²) in [6.07, 6.45) is 0.381. The summed E-state index contributed by atoms with van der Waals surface area (Å²) in [5, 5.41) is 0. The van der Waals surface area contributed by atoms with E-state index >= 15 is 0 Å². The van der Waals surface area contributed by atoms with E-state index < -0.39 is 11.9 Å². The standard InChI is InChI=1S/C7H14N2O3/c1-2-12-6(10)4-3-5(8)7(9)11/h5H,2-4,8H2,1H3,(H2,9,11). The molecule has 0 rings (SSSR count). The van der Waals surface area contributed by atoms with E-state index in [-0.39, 0.29) is 18.8 Å². The van der Waals surface area contributed by atoms with Gasteiger partial charge in [-0.05, 0) is 13.3 Å². The van der Waals surface area contributed by atoms with Crippen molar-refractivity contribution in [3.05, 3.63) is 0 Å². The molecule has 0 radical (unpaired) electrons. The summed E-state index contributed by atoms with van der Waals surface area (Å²) >= 11 is 0. The minimum absolute atomic E-state index is 0.137. The largest absolute Gasteiger partial charge is 0.466 e. The maximum Gasteiger partial charge on any atom is 0.305 e. The van der Waals surface area contributed by atoms with E-state index in [0.29, 0.717) is 6.61 Å². The van der Waals surface area contributed by atoms with Crippen LogP contribution in [-0.4, -0.2) is 24.5 Å². The number of hydrogen-bond donors (Lipinski definition) is 2. The highest BCUT2D eigenvalue weighted by molar-refractivity contribution is 5.80. The summed E-state index contributed by atoms with van der Waals surface area (Å²) in [5.74, 6) is -0.950. The Kier molecular flexibility index (Phi) is 5.03. The van der Waals surface area contributed by atoms with E-state index in [1.54, 1.807) is 6.92 Å². The zero-order chi connectivity index (χ0) is 9.56. The van der Waals surface area contributed by atoms with E-state index in [1.165, 1.54) is 0 Å². The van der Waals surface area contributed by atoms with Gasteiger partial charge in [-0.1, -0.05) is 0 Å². The van der Waals surface area contributed by atoms with Crippen molar-refractivity contribution >= 4 is 11.9 Å². The molecule has 5 nitrogen and oxygen atoms in total. The van der Waals surface area contributed by atoms with Crippen molar-refractivity contribution < 1.29 is 14.3 Å². The topological polar surface area (TPSA) is 95.4 Å². The van der Waals surface area contributed by atoms with Gasteiger partial charge in [-0.15, -0.1) is 0 Å². The summed E-state index contributed by atoms with van der Waals surface area (Å²) in [4.78, 5) is 21.2. The van der Waals surface area contributed by atoms with Crippen LogP contribution in [0.5, 0.6) is 0 Å². The van der Waals surface area contributed by atoms with Crippen LogP contribution >= 0.6 is 0 Å². The fraction of sp³-hybridized carbons (Fsp3) is 0.714. The Balaban J connectivity index is 3.54. The third-order valence-electron chi connectivity index (χ3n) is 1.33. The van der Waals surface area contributed by atoms with Crippen LogP contribution in [0.2, 0.25) is 0 Å². The maximum absolute atomic E-state index is 10.7. The van der Waals surface area contributed by atoms with Crippen LogP contribution < -0.4 is 11.5 Å². The molecule has 1 amide bonds. The Labute approximate surface area is 71.0 Å². The first-order valence-corrected chi connectivity index (χ1v) is 3.78. The number of ether oxygens (including phenoxy) is 1. The molecule has 0 heterocycles. The lowest BCUT2D eigenvalue weighted by Gasteiger charge is -2.05.